The highest BCUT2D eigenvalue weighted by molar-refractivity contribution is 5.88. The predicted molar refractivity (Wildman–Crippen MR) is 133 cm³/mol. The largest absolute Gasteiger partial charge is 0.478 e. The van der Waals surface area contributed by atoms with Gasteiger partial charge < -0.3 is 15.7 Å². The number of anilines is 4. The summed E-state index contributed by atoms with van der Waals surface area (Å²) in [4.78, 5) is 11.0. The Morgan fingerprint density at radius 3 is 1.39 bits per heavy atom. The van der Waals surface area contributed by atoms with Crippen LogP contribution < -0.4 is 10.6 Å². The first-order valence-electron chi connectivity index (χ1n) is 12.1. The Balaban J connectivity index is 1.11. The molecule has 4 saturated carbocycles. The van der Waals surface area contributed by atoms with E-state index in [9.17, 15) is 4.79 Å². The van der Waals surface area contributed by atoms with Crippen molar-refractivity contribution in [2.75, 3.05) is 10.6 Å². The first-order valence-corrected chi connectivity index (χ1v) is 12.1. The van der Waals surface area contributed by atoms with Crippen molar-refractivity contribution in [1.82, 2.24) is 0 Å². The molecule has 4 nitrogen and oxygen atoms in total. The molecule has 4 fully saturated rings. The summed E-state index contributed by atoms with van der Waals surface area (Å²) in [5.74, 6) is 1.99. The quantitative estimate of drug-likeness (QED) is 0.377. The molecular formula is C29H30N2O2. The van der Waals surface area contributed by atoms with E-state index in [-0.39, 0.29) is 5.56 Å². The Morgan fingerprint density at radius 2 is 1.00 bits per heavy atom. The maximum absolute atomic E-state index is 11.0. The molecule has 168 valence electrons. The summed E-state index contributed by atoms with van der Waals surface area (Å²) in [6.45, 7) is 0. The van der Waals surface area contributed by atoms with E-state index in [1.54, 1.807) is 29.8 Å². The first kappa shape index (κ1) is 20.3. The third kappa shape index (κ3) is 3.99. The average molecular weight is 439 g/mol. The highest BCUT2D eigenvalue weighted by atomic mass is 16.4. The van der Waals surface area contributed by atoms with Gasteiger partial charge in [0, 0.05) is 22.7 Å². The normalized spacial score (nSPS) is 27.3. The molecule has 0 heterocycles. The van der Waals surface area contributed by atoms with Crippen LogP contribution in [0, 0.1) is 17.8 Å². The number of carboxylic acid groups (broad SMARTS) is 1. The number of benzene rings is 3. The van der Waals surface area contributed by atoms with Gasteiger partial charge in [-0.3, -0.25) is 0 Å². The smallest absolute Gasteiger partial charge is 0.335 e. The number of carbonyl (C=O) groups is 1. The molecule has 33 heavy (non-hydrogen) atoms. The van der Waals surface area contributed by atoms with Crippen LogP contribution in [-0.2, 0) is 5.41 Å². The third-order valence-corrected chi connectivity index (χ3v) is 8.13. The van der Waals surface area contributed by atoms with Crippen LogP contribution in [-0.4, -0.2) is 11.1 Å². The van der Waals surface area contributed by atoms with E-state index < -0.39 is 5.97 Å². The van der Waals surface area contributed by atoms with Crippen molar-refractivity contribution in [2.45, 2.75) is 43.9 Å². The zero-order chi connectivity index (χ0) is 22.4. The van der Waals surface area contributed by atoms with Crippen molar-refractivity contribution in [1.29, 1.82) is 0 Å². The number of rotatable bonds is 6. The van der Waals surface area contributed by atoms with Crippen LogP contribution in [0.2, 0.25) is 0 Å². The van der Waals surface area contributed by atoms with Crippen molar-refractivity contribution < 1.29 is 9.90 Å². The topological polar surface area (TPSA) is 61.4 Å². The monoisotopic (exact) mass is 438 g/mol. The molecular weight excluding hydrogens is 408 g/mol. The molecule has 4 bridgehead atoms. The lowest BCUT2D eigenvalue weighted by Gasteiger charge is -2.57. The van der Waals surface area contributed by atoms with Gasteiger partial charge in [0.1, 0.15) is 0 Å². The third-order valence-electron chi connectivity index (χ3n) is 8.13. The van der Waals surface area contributed by atoms with Crippen molar-refractivity contribution in [2.24, 2.45) is 17.8 Å². The van der Waals surface area contributed by atoms with Gasteiger partial charge in [0.2, 0.25) is 0 Å². The highest BCUT2D eigenvalue weighted by Gasteiger charge is 2.51. The van der Waals surface area contributed by atoms with Crippen molar-refractivity contribution in [3.05, 3.63) is 83.9 Å². The Hall–Kier alpha value is -3.27. The van der Waals surface area contributed by atoms with E-state index >= 15 is 0 Å². The summed E-state index contributed by atoms with van der Waals surface area (Å²) in [7, 11) is 0. The average Bonchev–Trinajstić information content (AvgIpc) is 2.80. The van der Waals surface area contributed by atoms with Crippen LogP contribution >= 0.6 is 0 Å². The van der Waals surface area contributed by atoms with Gasteiger partial charge >= 0.3 is 5.97 Å². The summed E-state index contributed by atoms with van der Waals surface area (Å²) >= 11 is 0. The molecule has 4 heteroatoms. The van der Waals surface area contributed by atoms with Gasteiger partial charge in [-0.2, -0.15) is 0 Å². The highest BCUT2D eigenvalue weighted by Crippen LogP contribution is 2.60. The summed E-state index contributed by atoms with van der Waals surface area (Å²) < 4.78 is 0. The van der Waals surface area contributed by atoms with Gasteiger partial charge in [0.05, 0.1) is 5.56 Å². The second-order valence-electron chi connectivity index (χ2n) is 10.5. The molecule has 0 saturated heterocycles. The number of hydrogen-bond donors (Lipinski definition) is 3. The van der Waals surface area contributed by atoms with Crippen molar-refractivity contribution in [3.8, 4) is 0 Å². The molecule has 3 N–H and O–H groups in total. The molecule has 0 radical (unpaired) electrons. The Bertz CT molecular complexity index is 1110. The van der Waals surface area contributed by atoms with Crippen molar-refractivity contribution >= 4 is 28.7 Å². The molecule has 0 aromatic heterocycles. The SMILES string of the molecule is O=C(O)c1ccc(Nc2ccc(Nc3ccc(C45CC6CC(CC(C6)C4)C5)cc3)cc2)cc1. The Kier molecular flexibility index (Phi) is 4.90. The van der Waals surface area contributed by atoms with E-state index in [2.05, 4.69) is 47.0 Å². The fourth-order valence-electron chi connectivity index (χ4n) is 7.04. The number of carboxylic acids is 1. The molecule has 0 spiro atoms. The van der Waals surface area contributed by atoms with Crippen LogP contribution in [0.4, 0.5) is 22.7 Å². The van der Waals surface area contributed by atoms with Gasteiger partial charge in [0.15, 0.2) is 0 Å². The molecule has 4 aliphatic carbocycles. The van der Waals surface area contributed by atoms with E-state index in [1.807, 2.05) is 12.1 Å². The molecule has 7 rings (SSSR count). The fraction of sp³-hybridized carbons (Fsp3) is 0.345. The zero-order valence-electron chi connectivity index (χ0n) is 18.8. The maximum atomic E-state index is 11.0. The van der Waals surface area contributed by atoms with Crippen LogP contribution in [0.5, 0.6) is 0 Å². The summed E-state index contributed by atoms with van der Waals surface area (Å²) in [5.41, 5.74) is 6.28. The minimum absolute atomic E-state index is 0.286. The van der Waals surface area contributed by atoms with Gasteiger partial charge in [-0.25, -0.2) is 4.79 Å². The second kappa shape index (κ2) is 7.95. The number of aromatic carboxylic acids is 1. The van der Waals surface area contributed by atoms with E-state index in [4.69, 9.17) is 5.11 Å². The molecule has 3 aromatic carbocycles. The summed E-state index contributed by atoms with van der Waals surface area (Å²) in [6.07, 6.45) is 8.66. The minimum atomic E-state index is -0.914. The number of nitrogens with one attached hydrogen (secondary N) is 2. The fourth-order valence-corrected chi connectivity index (χ4v) is 7.04. The lowest BCUT2D eigenvalue weighted by molar-refractivity contribution is -0.00518. The predicted octanol–water partition coefficient (Wildman–Crippen LogP) is 7.34. The Labute approximate surface area is 195 Å². The zero-order valence-corrected chi connectivity index (χ0v) is 18.8. The Morgan fingerprint density at radius 1 is 0.636 bits per heavy atom. The van der Waals surface area contributed by atoms with Crippen LogP contribution in [0.25, 0.3) is 0 Å². The molecule has 3 aromatic rings. The van der Waals surface area contributed by atoms with E-state index in [0.29, 0.717) is 5.41 Å². The second-order valence-corrected chi connectivity index (χ2v) is 10.5. The summed E-state index contributed by atoms with van der Waals surface area (Å²) in [6, 6.07) is 24.1. The van der Waals surface area contributed by atoms with Crippen LogP contribution in [0.3, 0.4) is 0 Å². The number of hydrogen-bond acceptors (Lipinski definition) is 3. The molecule has 0 aliphatic heterocycles. The molecule has 4 aliphatic rings. The van der Waals surface area contributed by atoms with Gasteiger partial charge in [0.25, 0.3) is 0 Å². The lowest BCUT2D eigenvalue weighted by atomic mass is 9.48. The maximum Gasteiger partial charge on any atom is 0.335 e. The van der Waals surface area contributed by atoms with Crippen LogP contribution in [0.15, 0.2) is 72.8 Å². The van der Waals surface area contributed by atoms with Crippen LogP contribution in [0.1, 0.15) is 54.4 Å². The molecule has 0 atom stereocenters. The first-order chi connectivity index (χ1) is 16.0. The van der Waals surface area contributed by atoms with Gasteiger partial charge in [-0.1, -0.05) is 12.1 Å². The summed E-state index contributed by atoms with van der Waals surface area (Å²) in [5, 5.41) is 15.9. The standard InChI is InChI=1S/C29H30N2O2/c32-28(33)22-1-5-24(6-2-22)30-26-9-11-27(12-10-26)31-25-7-3-23(4-8-25)29-16-19-13-20(17-29)15-21(14-19)18-29/h1-12,19-21,30-31H,13-18H2,(H,32,33). The van der Waals surface area contributed by atoms with E-state index in [0.717, 1.165) is 40.5 Å². The molecule has 0 amide bonds. The lowest BCUT2D eigenvalue weighted by Crippen LogP contribution is -2.48. The van der Waals surface area contributed by atoms with Crippen molar-refractivity contribution in [3.63, 3.8) is 0 Å². The van der Waals surface area contributed by atoms with Gasteiger partial charge in [-0.15, -0.1) is 0 Å². The van der Waals surface area contributed by atoms with E-state index in [1.165, 1.54) is 38.5 Å². The molecule has 0 unspecified atom stereocenters. The minimum Gasteiger partial charge on any atom is -0.478 e. The van der Waals surface area contributed by atoms with Gasteiger partial charge in [-0.05, 0) is 128 Å².